The van der Waals surface area contributed by atoms with Crippen LogP contribution in [-0.4, -0.2) is 28.7 Å². The van der Waals surface area contributed by atoms with Gasteiger partial charge in [0.05, 0.1) is 37.7 Å². The van der Waals surface area contributed by atoms with Crippen LogP contribution in [0.3, 0.4) is 0 Å². The Hall–Kier alpha value is -3.60. The number of thiazole rings is 1. The quantitative estimate of drug-likeness (QED) is 0.335. The maximum absolute atomic E-state index is 11.9. The number of imidazole rings is 1. The number of benzene rings is 3. The first-order chi connectivity index (χ1) is 16.2. The fourth-order valence-corrected chi connectivity index (χ4v) is 5.23. The van der Waals surface area contributed by atoms with Crippen LogP contribution in [0.1, 0.15) is 27.9 Å². The van der Waals surface area contributed by atoms with Crippen molar-refractivity contribution in [3.63, 3.8) is 0 Å². The van der Waals surface area contributed by atoms with E-state index in [9.17, 15) is 13.2 Å². The van der Waals surface area contributed by atoms with Gasteiger partial charge in [-0.2, -0.15) is 0 Å². The van der Waals surface area contributed by atoms with Gasteiger partial charge in [-0.05, 0) is 74.0 Å². The van der Waals surface area contributed by atoms with Crippen molar-refractivity contribution in [3.8, 4) is 0 Å². The molecule has 0 atom stereocenters. The minimum Gasteiger partial charge on any atom is -0.326 e. The van der Waals surface area contributed by atoms with E-state index in [-0.39, 0.29) is 10.7 Å². The first kappa shape index (κ1) is 22.2. The molecule has 0 unspecified atom stereocenters. The Morgan fingerprint density at radius 1 is 1.03 bits per heavy atom. The SMILES string of the molecule is CC(=O)c1ccc2c(c1)nc(Nc1ccc(S(N)(=O)=O)cc1)n2Cc1ccc2nc(C)sc2c1. The van der Waals surface area contributed by atoms with E-state index < -0.39 is 10.0 Å². The lowest BCUT2D eigenvalue weighted by molar-refractivity contribution is 0.101. The van der Waals surface area contributed by atoms with Crippen molar-refractivity contribution in [2.45, 2.75) is 25.3 Å². The molecule has 3 N–H and O–H groups in total. The summed E-state index contributed by atoms with van der Waals surface area (Å²) in [6, 6.07) is 17.8. The van der Waals surface area contributed by atoms with Crippen LogP contribution in [0.5, 0.6) is 0 Å². The van der Waals surface area contributed by atoms with Gasteiger partial charge in [0.2, 0.25) is 16.0 Å². The van der Waals surface area contributed by atoms with Gasteiger partial charge in [-0.15, -0.1) is 11.3 Å². The summed E-state index contributed by atoms with van der Waals surface area (Å²) in [5.74, 6) is 0.537. The minimum absolute atomic E-state index is 0.0319. The molecule has 2 aromatic heterocycles. The summed E-state index contributed by atoms with van der Waals surface area (Å²) in [4.78, 5) is 21.2. The standard InChI is InChI=1S/C24H21N5O3S2/c1-14(30)17-4-10-22-21(12-17)28-24(27-18-5-7-19(8-6-18)34(25,31)32)29(22)13-16-3-9-20-23(11-16)33-15(2)26-20/h3-12H,13H2,1-2H3,(H,27,28)(H2,25,31,32). The van der Waals surface area contributed by atoms with Crippen LogP contribution in [0.4, 0.5) is 11.6 Å². The number of rotatable bonds is 6. The van der Waals surface area contributed by atoms with E-state index in [2.05, 4.69) is 16.4 Å². The van der Waals surface area contributed by atoms with Crippen LogP contribution in [-0.2, 0) is 16.6 Å². The molecule has 10 heteroatoms. The number of nitrogens with zero attached hydrogens (tertiary/aromatic N) is 3. The second kappa shape index (κ2) is 8.32. The van der Waals surface area contributed by atoms with Gasteiger partial charge in [0.1, 0.15) is 0 Å². The molecule has 0 saturated carbocycles. The molecule has 0 radical (unpaired) electrons. The Morgan fingerprint density at radius 2 is 1.79 bits per heavy atom. The number of sulfonamides is 1. The molecule has 0 aliphatic heterocycles. The number of hydrogen-bond donors (Lipinski definition) is 2. The van der Waals surface area contributed by atoms with Gasteiger partial charge in [-0.25, -0.2) is 23.5 Å². The molecule has 8 nitrogen and oxygen atoms in total. The zero-order valence-electron chi connectivity index (χ0n) is 18.4. The van der Waals surface area contributed by atoms with E-state index in [1.54, 1.807) is 35.6 Å². The molecular weight excluding hydrogens is 470 g/mol. The van der Waals surface area contributed by atoms with Gasteiger partial charge in [-0.1, -0.05) is 6.07 Å². The molecule has 5 rings (SSSR count). The van der Waals surface area contributed by atoms with Crippen molar-refractivity contribution in [2.24, 2.45) is 5.14 Å². The molecule has 34 heavy (non-hydrogen) atoms. The lowest BCUT2D eigenvalue weighted by atomic mass is 10.1. The fraction of sp³-hybridized carbons (Fsp3) is 0.125. The Bertz CT molecular complexity index is 1670. The van der Waals surface area contributed by atoms with E-state index in [4.69, 9.17) is 10.1 Å². The zero-order chi connectivity index (χ0) is 24.0. The van der Waals surface area contributed by atoms with Crippen molar-refractivity contribution in [1.29, 1.82) is 0 Å². The van der Waals surface area contributed by atoms with Gasteiger partial charge in [0.15, 0.2) is 5.78 Å². The number of fused-ring (bicyclic) bond motifs is 2. The van der Waals surface area contributed by atoms with Crippen LogP contribution in [0, 0.1) is 6.92 Å². The number of nitrogens with one attached hydrogen (secondary N) is 1. The second-order valence-electron chi connectivity index (χ2n) is 8.01. The number of Topliss-reactive ketones (excluding diaryl/α,β-unsaturated/α-hetero) is 1. The molecule has 3 aromatic carbocycles. The summed E-state index contributed by atoms with van der Waals surface area (Å²) in [7, 11) is -3.78. The normalized spacial score (nSPS) is 11.9. The van der Waals surface area contributed by atoms with E-state index in [1.807, 2.05) is 29.7 Å². The molecule has 0 amide bonds. The van der Waals surface area contributed by atoms with Crippen LogP contribution in [0.2, 0.25) is 0 Å². The fourth-order valence-electron chi connectivity index (χ4n) is 3.83. The summed E-state index contributed by atoms with van der Waals surface area (Å²) in [5, 5.41) is 9.49. The van der Waals surface area contributed by atoms with Crippen LogP contribution < -0.4 is 10.5 Å². The predicted molar refractivity (Wildman–Crippen MR) is 134 cm³/mol. The Balaban J connectivity index is 1.57. The molecule has 2 heterocycles. The smallest absolute Gasteiger partial charge is 0.238 e. The highest BCUT2D eigenvalue weighted by molar-refractivity contribution is 7.89. The molecule has 0 aliphatic rings. The number of ketones is 1. The van der Waals surface area contributed by atoms with Crippen LogP contribution >= 0.6 is 11.3 Å². The maximum Gasteiger partial charge on any atom is 0.238 e. The van der Waals surface area contributed by atoms with E-state index in [0.717, 1.165) is 26.3 Å². The monoisotopic (exact) mass is 491 g/mol. The topological polar surface area (TPSA) is 120 Å². The summed E-state index contributed by atoms with van der Waals surface area (Å²) >= 11 is 1.65. The molecule has 0 spiro atoms. The average Bonchev–Trinajstić information content (AvgIpc) is 3.32. The third kappa shape index (κ3) is 4.30. The molecule has 5 aromatic rings. The minimum atomic E-state index is -3.78. The number of hydrogen-bond acceptors (Lipinski definition) is 7. The van der Waals surface area contributed by atoms with Gasteiger partial charge in [0.25, 0.3) is 0 Å². The van der Waals surface area contributed by atoms with Crippen LogP contribution in [0.15, 0.2) is 65.6 Å². The highest BCUT2D eigenvalue weighted by Crippen LogP contribution is 2.28. The third-order valence-electron chi connectivity index (χ3n) is 5.49. The maximum atomic E-state index is 11.9. The number of aromatic nitrogens is 3. The Morgan fingerprint density at radius 3 is 2.50 bits per heavy atom. The third-order valence-corrected chi connectivity index (χ3v) is 7.36. The Labute approximate surface area is 200 Å². The number of nitrogens with two attached hydrogens (primary N) is 1. The highest BCUT2D eigenvalue weighted by Gasteiger charge is 2.15. The summed E-state index contributed by atoms with van der Waals surface area (Å²) in [6.07, 6.45) is 0. The lowest BCUT2D eigenvalue weighted by Gasteiger charge is -2.12. The van der Waals surface area contributed by atoms with Gasteiger partial charge >= 0.3 is 0 Å². The van der Waals surface area contributed by atoms with Crippen LogP contribution in [0.25, 0.3) is 21.3 Å². The number of carbonyl (C=O) groups excluding carboxylic acids is 1. The molecule has 0 fully saturated rings. The van der Waals surface area contributed by atoms with Crippen molar-refractivity contribution in [1.82, 2.24) is 14.5 Å². The van der Waals surface area contributed by atoms with Crippen molar-refractivity contribution in [2.75, 3.05) is 5.32 Å². The summed E-state index contributed by atoms with van der Waals surface area (Å²) in [5.41, 5.74) is 4.85. The molecule has 0 saturated heterocycles. The largest absolute Gasteiger partial charge is 0.326 e. The van der Waals surface area contributed by atoms with Crippen molar-refractivity contribution in [3.05, 3.63) is 76.8 Å². The highest BCUT2D eigenvalue weighted by atomic mass is 32.2. The van der Waals surface area contributed by atoms with E-state index in [0.29, 0.717) is 29.3 Å². The molecule has 0 aliphatic carbocycles. The Kier molecular flexibility index (Phi) is 5.43. The summed E-state index contributed by atoms with van der Waals surface area (Å²) < 4.78 is 26.3. The predicted octanol–water partition coefficient (Wildman–Crippen LogP) is 4.60. The van der Waals surface area contributed by atoms with E-state index >= 15 is 0 Å². The summed E-state index contributed by atoms with van der Waals surface area (Å²) in [6.45, 7) is 4.06. The second-order valence-corrected chi connectivity index (χ2v) is 10.8. The zero-order valence-corrected chi connectivity index (χ0v) is 20.1. The van der Waals surface area contributed by atoms with Crippen molar-refractivity contribution >= 4 is 60.0 Å². The van der Waals surface area contributed by atoms with Crippen molar-refractivity contribution < 1.29 is 13.2 Å². The number of anilines is 2. The average molecular weight is 492 g/mol. The molecule has 172 valence electrons. The number of primary sulfonamides is 1. The van der Waals surface area contributed by atoms with Gasteiger partial charge < -0.3 is 9.88 Å². The molecule has 0 bridgehead atoms. The molecular formula is C24H21N5O3S2. The van der Waals surface area contributed by atoms with Gasteiger partial charge in [0, 0.05) is 11.3 Å². The lowest BCUT2D eigenvalue weighted by Crippen LogP contribution is -2.12. The first-order valence-corrected chi connectivity index (χ1v) is 12.8. The number of aryl methyl sites for hydroxylation is 1. The van der Waals surface area contributed by atoms with E-state index in [1.165, 1.54) is 19.1 Å². The number of carbonyl (C=O) groups is 1. The first-order valence-electron chi connectivity index (χ1n) is 10.4. The van der Waals surface area contributed by atoms with Gasteiger partial charge in [-0.3, -0.25) is 4.79 Å².